The normalized spacial score (nSPS) is 31.2. The van der Waals surface area contributed by atoms with Gasteiger partial charge in [0.15, 0.2) is 0 Å². The van der Waals surface area contributed by atoms with Gasteiger partial charge in [-0.05, 0) is 35.2 Å². The summed E-state index contributed by atoms with van der Waals surface area (Å²) in [6.45, 7) is 0. The summed E-state index contributed by atoms with van der Waals surface area (Å²) >= 11 is 0. The van der Waals surface area contributed by atoms with Crippen molar-refractivity contribution in [3.63, 3.8) is 0 Å². The average Bonchev–Trinajstić information content (AvgIpc) is 3.14. The van der Waals surface area contributed by atoms with Crippen LogP contribution in [0.1, 0.15) is 31.2 Å². The Bertz CT molecular complexity index is 575. The number of epoxide rings is 1. The van der Waals surface area contributed by atoms with Crippen LogP contribution in [0.3, 0.4) is 0 Å². The van der Waals surface area contributed by atoms with E-state index in [2.05, 4.69) is 42.5 Å². The highest BCUT2D eigenvalue weighted by molar-refractivity contribution is 5.83. The third-order valence-corrected chi connectivity index (χ3v) is 4.32. The Labute approximate surface area is 101 Å². The molecule has 2 fully saturated rings. The SMILES string of the molecule is c1ccc2cc(C34CCCCC3O4)ccc2c1. The second-order valence-electron chi connectivity index (χ2n) is 5.30. The van der Waals surface area contributed by atoms with Crippen LogP contribution >= 0.6 is 0 Å². The van der Waals surface area contributed by atoms with E-state index in [1.807, 2.05) is 0 Å². The van der Waals surface area contributed by atoms with Crippen molar-refractivity contribution in [2.75, 3.05) is 0 Å². The van der Waals surface area contributed by atoms with Gasteiger partial charge in [-0.2, -0.15) is 0 Å². The van der Waals surface area contributed by atoms with Gasteiger partial charge in [-0.25, -0.2) is 0 Å². The molecule has 1 aliphatic heterocycles. The number of ether oxygens (including phenoxy) is 1. The summed E-state index contributed by atoms with van der Waals surface area (Å²) in [5.41, 5.74) is 1.48. The van der Waals surface area contributed by atoms with E-state index in [1.54, 1.807) is 0 Å². The van der Waals surface area contributed by atoms with Gasteiger partial charge in [0.1, 0.15) is 5.60 Å². The van der Waals surface area contributed by atoms with Crippen LogP contribution < -0.4 is 0 Å². The van der Waals surface area contributed by atoms with Crippen molar-refractivity contribution in [1.29, 1.82) is 0 Å². The zero-order chi connectivity index (χ0) is 11.3. The fraction of sp³-hybridized carbons (Fsp3) is 0.375. The number of hydrogen-bond donors (Lipinski definition) is 0. The maximum Gasteiger partial charge on any atom is 0.120 e. The largest absolute Gasteiger partial charge is 0.361 e. The minimum absolute atomic E-state index is 0.0856. The van der Waals surface area contributed by atoms with E-state index >= 15 is 0 Å². The summed E-state index contributed by atoms with van der Waals surface area (Å²) in [5, 5.41) is 2.65. The van der Waals surface area contributed by atoms with Gasteiger partial charge >= 0.3 is 0 Å². The van der Waals surface area contributed by atoms with Crippen molar-refractivity contribution < 1.29 is 4.74 Å². The van der Waals surface area contributed by atoms with Crippen molar-refractivity contribution in [2.45, 2.75) is 37.4 Å². The van der Waals surface area contributed by atoms with Crippen molar-refractivity contribution in [2.24, 2.45) is 0 Å². The van der Waals surface area contributed by atoms with E-state index in [-0.39, 0.29) is 5.60 Å². The molecule has 1 saturated carbocycles. The second-order valence-corrected chi connectivity index (χ2v) is 5.30. The minimum atomic E-state index is 0.0856. The Hall–Kier alpha value is -1.34. The molecule has 2 aliphatic rings. The molecule has 4 rings (SSSR count). The number of benzene rings is 2. The van der Waals surface area contributed by atoms with Crippen molar-refractivity contribution in [3.8, 4) is 0 Å². The third-order valence-electron chi connectivity index (χ3n) is 4.32. The van der Waals surface area contributed by atoms with Gasteiger partial charge in [-0.3, -0.25) is 0 Å². The molecule has 1 aliphatic carbocycles. The molecule has 1 heteroatoms. The molecular formula is C16H16O. The molecule has 0 bridgehead atoms. The van der Waals surface area contributed by atoms with E-state index in [0.717, 1.165) is 0 Å². The van der Waals surface area contributed by atoms with Crippen LogP contribution in [-0.4, -0.2) is 6.10 Å². The highest BCUT2D eigenvalue weighted by Gasteiger charge is 2.58. The first kappa shape index (κ1) is 9.67. The minimum Gasteiger partial charge on any atom is -0.361 e. The lowest BCUT2D eigenvalue weighted by molar-refractivity contribution is 0.290. The predicted molar refractivity (Wildman–Crippen MR) is 69.0 cm³/mol. The van der Waals surface area contributed by atoms with Crippen molar-refractivity contribution >= 4 is 10.8 Å². The van der Waals surface area contributed by atoms with E-state index in [0.29, 0.717) is 6.10 Å². The van der Waals surface area contributed by atoms with Gasteiger partial charge in [0.2, 0.25) is 0 Å². The Balaban J connectivity index is 1.81. The molecular weight excluding hydrogens is 208 g/mol. The maximum absolute atomic E-state index is 6.00. The van der Waals surface area contributed by atoms with Gasteiger partial charge in [0.25, 0.3) is 0 Å². The maximum atomic E-state index is 6.00. The smallest absolute Gasteiger partial charge is 0.120 e. The van der Waals surface area contributed by atoms with E-state index in [4.69, 9.17) is 4.74 Å². The fourth-order valence-corrected chi connectivity index (χ4v) is 3.30. The fourth-order valence-electron chi connectivity index (χ4n) is 3.30. The Morgan fingerprint density at radius 1 is 1.00 bits per heavy atom. The van der Waals surface area contributed by atoms with Crippen LogP contribution in [0.2, 0.25) is 0 Å². The Kier molecular flexibility index (Phi) is 1.89. The lowest BCUT2D eigenvalue weighted by Crippen LogP contribution is -2.16. The number of fused-ring (bicyclic) bond motifs is 2. The number of rotatable bonds is 1. The lowest BCUT2D eigenvalue weighted by Gasteiger charge is -2.18. The molecule has 0 aromatic heterocycles. The molecule has 86 valence electrons. The quantitative estimate of drug-likeness (QED) is 0.667. The van der Waals surface area contributed by atoms with Crippen molar-refractivity contribution in [3.05, 3.63) is 48.0 Å². The molecule has 1 nitrogen and oxygen atoms in total. The summed E-state index contributed by atoms with van der Waals surface area (Å²) in [7, 11) is 0. The zero-order valence-electron chi connectivity index (χ0n) is 9.86. The van der Waals surface area contributed by atoms with Crippen LogP contribution in [-0.2, 0) is 10.3 Å². The second kappa shape index (κ2) is 3.33. The molecule has 0 N–H and O–H groups in total. The molecule has 2 aromatic carbocycles. The Morgan fingerprint density at radius 2 is 1.88 bits per heavy atom. The summed E-state index contributed by atoms with van der Waals surface area (Å²) < 4.78 is 6.00. The molecule has 0 radical (unpaired) electrons. The van der Waals surface area contributed by atoms with Crippen molar-refractivity contribution in [1.82, 2.24) is 0 Å². The van der Waals surface area contributed by atoms with Gasteiger partial charge in [-0.1, -0.05) is 49.2 Å². The summed E-state index contributed by atoms with van der Waals surface area (Å²) in [5.74, 6) is 0. The number of hydrogen-bond acceptors (Lipinski definition) is 1. The predicted octanol–water partition coefficient (Wildman–Crippen LogP) is 4.01. The molecule has 2 unspecified atom stereocenters. The van der Waals surface area contributed by atoms with Crippen LogP contribution in [0.15, 0.2) is 42.5 Å². The summed E-state index contributed by atoms with van der Waals surface area (Å²) in [6, 6.07) is 15.4. The zero-order valence-corrected chi connectivity index (χ0v) is 9.86. The highest BCUT2D eigenvalue weighted by Crippen LogP contribution is 2.55. The first-order valence-corrected chi connectivity index (χ1v) is 6.56. The van der Waals surface area contributed by atoms with Gasteiger partial charge in [-0.15, -0.1) is 0 Å². The van der Waals surface area contributed by atoms with E-state index in [9.17, 15) is 0 Å². The van der Waals surface area contributed by atoms with Crippen LogP contribution in [0, 0.1) is 0 Å². The van der Waals surface area contributed by atoms with Crippen LogP contribution in [0.4, 0.5) is 0 Å². The summed E-state index contributed by atoms with van der Waals surface area (Å²) in [4.78, 5) is 0. The first-order valence-electron chi connectivity index (χ1n) is 6.56. The first-order chi connectivity index (χ1) is 8.38. The van der Waals surface area contributed by atoms with Gasteiger partial charge in [0.05, 0.1) is 6.10 Å². The standard InChI is InChI=1S/C16H16O/c1-2-6-13-11-14(9-8-12(13)5-1)16-10-4-3-7-15(16)17-16/h1-2,5-6,8-9,11,15H,3-4,7,10H2. The molecule has 0 amide bonds. The molecule has 2 atom stereocenters. The molecule has 17 heavy (non-hydrogen) atoms. The van der Waals surface area contributed by atoms with Gasteiger partial charge in [0, 0.05) is 0 Å². The molecule has 2 aromatic rings. The monoisotopic (exact) mass is 224 g/mol. The summed E-state index contributed by atoms with van der Waals surface area (Å²) in [6.07, 6.45) is 5.59. The molecule has 1 saturated heterocycles. The van der Waals surface area contributed by atoms with Crippen LogP contribution in [0.25, 0.3) is 10.8 Å². The Morgan fingerprint density at radius 3 is 2.76 bits per heavy atom. The average molecular weight is 224 g/mol. The van der Waals surface area contributed by atoms with E-state index in [1.165, 1.54) is 42.0 Å². The molecule has 0 spiro atoms. The van der Waals surface area contributed by atoms with Gasteiger partial charge < -0.3 is 4.74 Å². The third kappa shape index (κ3) is 1.35. The highest BCUT2D eigenvalue weighted by atomic mass is 16.6. The molecule has 1 heterocycles. The lowest BCUT2D eigenvalue weighted by atomic mass is 9.83. The van der Waals surface area contributed by atoms with E-state index < -0.39 is 0 Å². The van der Waals surface area contributed by atoms with Crippen LogP contribution in [0.5, 0.6) is 0 Å². The topological polar surface area (TPSA) is 12.5 Å².